The first kappa shape index (κ1) is 20.8. The molecule has 1 aromatic rings. The van der Waals surface area contributed by atoms with Gasteiger partial charge in [-0.05, 0) is 12.1 Å². The van der Waals surface area contributed by atoms with Gasteiger partial charge in [0.25, 0.3) is 11.8 Å². The predicted octanol–water partition coefficient (Wildman–Crippen LogP) is 0.349. The summed E-state index contributed by atoms with van der Waals surface area (Å²) in [5, 5.41) is 10.9. The molecular weight excluding hydrogens is 342 g/mol. The Labute approximate surface area is 151 Å². The zero-order valence-electron chi connectivity index (χ0n) is 14.9. The number of methoxy groups -OCH3 is 2. The van der Waals surface area contributed by atoms with Crippen LogP contribution in [-0.4, -0.2) is 63.6 Å². The molecule has 0 fully saturated rings. The molecule has 0 atom stereocenters. The molecule has 0 bridgehead atoms. The maximum absolute atomic E-state index is 12.1. The Balaban J connectivity index is 2.48. The van der Waals surface area contributed by atoms with Crippen LogP contribution in [-0.2, 0) is 14.3 Å². The second kappa shape index (κ2) is 10.6. The highest BCUT2D eigenvalue weighted by Crippen LogP contribution is 2.22. The van der Waals surface area contributed by atoms with E-state index in [0.29, 0.717) is 11.5 Å². The summed E-state index contributed by atoms with van der Waals surface area (Å²) in [5.41, 5.74) is 0.251. The van der Waals surface area contributed by atoms with Gasteiger partial charge in [-0.25, -0.2) is 0 Å². The first-order chi connectivity index (χ1) is 12.4. The summed E-state index contributed by atoms with van der Waals surface area (Å²) in [4.78, 5) is 36.7. The van der Waals surface area contributed by atoms with E-state index in [9.17, 15) is 14.4 Å². The van der Waals surface area contributed by atoms with Gasteiger partial charge in [0.1, 0.15) is 18.0 Å². The van der Waals surface area contributed by atoms with E-state index in [0.717, 1.165) is 0 Å². The van der Waals surface area contributed by atoms with Crippen LogP contribution in [0.4, 0.5) is 0 Å². The highest BCUT2D eigenvalue weighted by Gasteiger charge is 2.14. The Bertz CT molecular complexity index is 676. The normalized spacial score (nSPS) is 9.62. The zero-order chi connectivity index (χ0) is 19.5. The van der Waals surface area contributed by atoms with Crippen LogP contribution >= 0.6 is 0 Å². The summed E-state index contributed by atoms with van der Waals surface area (Å²) in [5.74, 6) is -0.838. The third kappa shape index (κ3) is 6.68. The molecule has 1 rings (SSSR count). The Morgan fingerprint density at radius 1 is 1.15 bits per heavy atom. The number of hydrogen-bond acceptors (Lipinski definition) is 7. The average molecular weight is 363 g/mol. The number of carbonyl (C=O) groups is 3. The molecule has 1 N–H and O–H groups in total. The highest BCUT2D eigenvalue weighted by molar-refractivity contribution is 5.96. The van der Waals surface area contributed by atoms with Gasteiger partial charge < -0.3 is 24.4 Å². The van der Waals surface area contributed by atoms with Gasteiger partial charge in [-0.15, -0.1) is 0 Å². The molecule has 9 heteroatoms. The molecule has 0 aliphatic rings. The van der Waals surface area contributed by atoms with Gasteiger partial charge >= 0.3 is 5.97 Å². The molecule has 0 saturated carbocycles. The number of nitriles is 1. The minimum Gasteiger partial charge on any atom is -0.497 e. The lowest BCUT2D eigenvalue weighted by molar-refractivity contribution is -0.150. The number of rotatable bonds is 9. The molecule has 0 spiro atoms. The van der Waals surface area contributed by atoms with Crippen LogP contribution in [0.15, 0.2) is 18.2 Å². The van der Waals surface area contributed by atoms with E-state index in [1.54, 1.807) is 6.07 Å². The number of hydrogen-bond donors (Lipinski definition) is 1. The van der Waals surface area contributed by atoms with Crippen molar-refractivity contribution in [3.05, 3.63) is 23.8 Å². The van der Waals surface area contributed by atoms with Crippen molar-refractivity contribution in [2.24, 2.45) is 0 Å². The van der Waals surface area contributed by atoms with Crippen molar-refractivity contribution < 1.29 is 28.6 Å². The van der Waals surface area contributed by atoms with E-state index in [1.165, 1.54) is 38.3 Å². The molecule has 0 saturated heterocycles. The second-order valence-electron chi connectivity index (χ2n) is 5.17. The van der Waals surface area contributed by atoms with Crippen molar-refractivity contribution in [3.63, 3.8) is 0 Å². The molecule has 140 valence electrons. The molecule has 0 aliphatic carbocycles. The number of ether oxygens (including phenoxy) is 3. The van der Waals surface area contributed by atoms with Crippen LogP contribution in [0.3, 0.4) is 0 Å². The fourth-order valence-corrected chi connectivity index (χ4v) is 1.84. The van der Waals surface area contributed by atoms with Gasteiger partial charge in [-0.2, -0.15) is 5.26 Å². The zero-order valence-corrected chi connectivity index (χ0v) is 14.9. The molecule has 0 radical (unpaired) electrons. The van der Waals surface area contributed by atoms with Crippen molar-refractivity contribution in [1.82, 2.24) is 10.2 Å². The molecular formula is C17H21N3O6. The third-order valence-corrected chi connectivity index (χ3v) is 3.35. The lowest BCUT2D eigenvalue weighted by atomic mass is 10.2. The lowest BCUT2D eigenvalue weighted by Crippen LogP contribution is -2.35. The van der Waals surface area contributed by atoms with Gasteiger partial charge in [0.05, 0.1) is 26.7 Å². The quantitative estimate of drug-likeness (QED) is 0.629. The molecule has 0 unspecified atom stereocenters. The molecule has 0 aliphatic heterocycles. The van der Waals surface area contributed by atoms with Crippen LogP contribution in [0.1, 0.15) is 16.8 Å². The fourth-order valence-electron chi connectivity index (χ4n) is 1.84. The van der Waals surface area contributed by atoms with Gasteiger partial charge in [0, 0.05) is 25.2 Å². The Kier molecular flexibility index (Phi) is 8.43. The number of esters is 1. The van der Waals surface area contributed by atoms with Gasteiger partial charge in [-0.3, -0.25) is 14.4 Å². The summed E-state index contributed by atoms with van der Waals surface area (Å²) in [6.45, 7) is -0.599. The summed E-state index contributed by atoms with van der Waals surface area (Å²) in [6.07, 6.45) is 0.191. The van der Waals surface area contributed by atoms with Gasteiger partial charge in [-0.1, -0.05) is 0 Å². The monoisotopic (exact) mass is 363 g/mol. The van der Waals surface area contributed by atoms with Gasteiger partial charge in [0.15, 0.2) is 6.61 Å². The van der Waals surface area contributed by atoms with E-state index in [1.807, 2.05) is 6.07 Å². The number of nitrogens with one attached hydrogen (secondary N) is 1. The van der Waals surface area contributed by atoms with Crippen molar-refractivity contribution in [2.75, 3.05) is 41.0 Å². The summed E-state index contributed by atoms with van der Waals surface area (Å²) in [7, 11) is 4.42. The number of amides is 2. The van der Waals surface area contributed by atoms with Crippen LogP contribution in [0, 0.1) is 11.3 Å². The minimum absolute atomic E-state index is 0.191. The molecule has 2 amide bonds. The topological polar surface area (TPSA) is 118 Å². The molecule has 26 heavy (non-hydrogen) atoms. The molecule has 0 aromatic heterocycles. The van der Waals surface area contributed by atoms with Crippen molar-refractivity contribution in [3.8, 4) is 17.6 Å². The van der Waals surface area contributed by atoms with E-state index < -0.39 is 30.9 Å². The lowest BCUT2D eigenvalue weighted by Gasteiger charge is -2.15. The van der Waals surface area contributed by atoms with E-state index >= 15 is 0 Å². The first-order valence-corrected chi connectivity index (χ1v) is 7.69. The Morgan fingerprint density at radius 2 is 1.77 bits per heavy atom. The largest absolute Gasteiger partial charge is 0.497 e. The molecule has 0 heterocycles. The van der Waals surface area contributed by atoms with Crippen LogP contribution < -0.4 is 14.8 Å². The molecule has 9 nitrogen and oxygen atoms in total. The van der Waals surface area contributed by atoms with Gasteiger partial charge in [0.2, 0.25) is 0 Å². The first-order valence-electron chi connectivity index (χ1n) is 7.69. The number of nitrogens with zero attached hydrogens (tertiary/aromatic N) is 2. The average Bonchev–Trinajstić information content (AvgIpc) is 2.67. The van der Waals surface area contributed by atoms with E-state index in [-0.39, 0.29) is 18.5 Å². The van der Waals surface area contributed by atoms with E-state index in [2.05, 4.69) is 5.32 Å². The fraction of sp³-hybridized carbons (Fsp3) is 0.412. The molecule has 1 aromatic carbocycles. The number of likely N-dealkylation sites (N-methyl/N-ethyl adjacent to an activating group) is 1. The number of carbonyl (C=O) groups excluding carboxylic acids is 3. The minimum atomic E-state index is -0.754. The summed E-state index contributed by atoms with van der Waals surface area (Å²) < 4.78 is 15.0. The Morgan fingerprint density at radius 3 is 2.31 bits per heavy atom. The second-order valence-corrected chi connectivity index (χ2v) is 5.17. The number of benzene rings is 1. The SMILES string of the molecule is COc1cc(OC)cc(C(=O)NCC(=O)OCC(=O)N(C)CCC#N)c1. The summed E-state index contributed by atoms with van der Waals surface area (Å²) >= 11 is 0. The van der Waals surface area contributed by atoms with Crippen molar-refractivity contribution >= 4 is 17.8 Å². The van der Waals surface area contributed by atoms with Crippen molar-refractivity contribution in [2.45, 2.75) is 6.42 Å². The van der Waals surface area contributed by atoms with Crippen LogP contribution in [0.2, 0.25) is 0 Å². The Hall–Kier alpha value is -3.28. The maximum atomic E-state index is 12.1. The van der Waals surface area contributed by atoms with Crippen LogP contribution in [0.25, 0.3) is 0 Å². The summed E-state index contributed by atoms with van der Waals surface area (Å²) in [6, 6.07) is 6.52. The standard InChI is InChI=1S/C17H21N3O6/c1-20(6-4-5-18)15(21)11-26-16(22)10-19-17(23)12-7-13(24-2)9-14(8-12)25-3/h7-9H,4,6,10-11H2,1-3H3,(H,19,23). The smallest absolute Gasteiger partial charge is 0.325 e. The van der Waals surface area contributed by atoms with Crippen molar-refractivity contribution in [1.29, 1.82) is 5.26 Å². The highest BCUT2D eigenvalue weighted by atomic mass is 16.5. The van der Waals surface area contributed by atoms with E-state index in [4.69, 9.17) is 19.5 Å². The third-order valence-electron chi connectivity index (χ3n) is 3.35. The maximum Gasteiger partial charge on any atom is 0.325 e. The van der Waals surface area contributed by atoms with Crippen LogP contribution in [0.5, 0.6) is 11.5 Å². The predicted molar refractivity (Wildman–Crippen MR) is 90.7 cm³/mol.